The van der Waals surface area contributed by atoms with Crippen molar-refractivity contribution < 1.29 is 14.6 Å². The van der Waals surface area contributed by atoms with Crippen molar-refractivity contribution in [1.82, 2.24) is 0 Å². The number of amides is 1. The number of aliphatic hydroxyl groups excluding tert-OH is 1. The van der Waals surface area contributed by atoms with Crippen molar-refractivity contribution in [2.75, 3.05) is 42.4 Å². The first-order chi connectivity index (χ1) is 17.3. The van der Waals surface area contributed by atoms with E-state index in [4.69, 9.17) is 16.3 Å². The molecule has 7 nitrogen and oxygen atoms in total. The number of halogens is 1. The summed E-state index contributed by atoms with van der Waals surface area (Å²) in [5, 5.41) is 14.0. The molecule has 2 N–H and O–H groups in total. The maximum Gasteiger partial charge on any atom is 0.282 e. The third-order valence-electron chi connectivity index (χ3n) is 5.66. The average molecular weight is 505 g/mol. The van der Waals surface area contributed by atoms with Crippen LogP contribution in [-0.2, 0) is 4.79 Å². The van der Waals surface area contributed by atoms with Gasteiger partial charge in [-0.15, -0.1) is 0 Å². The molecule has 0 bridgehead atoms. The molecule has 1 heterocycles. The Morgan fingerprint density at radius 1 is 1.06 bits per heavy atom. The fourth-order valence-corrected chi connectivity index (χ4v) is 3.83. The second-order valence-corrected chi connectivity index (χ2v) is 9.10. The number of nitrogens with one attached hydrogen (secondary N) is 1. The summed E-state index contributed by atoms with van der Waals surface area (Å²) in [5.74, 6) is 1.03. The normalized spacial score (nSPS) is 15.1. The van der Waals surface area contributed by atoms with E-state index in [-0.39, 0.29) is 12.5 Å². The molecule has 1 aliphatic heterocycles. The molecule has 36 heavy (non-hydrogen) atoms. The van der Waals surface area contributed by atoms with Crippen LogP contribution in [0.3, 0.4) is 0 Å². The highest BCUT2D eigenvalue weighted by Crippen LogP contribution is 2.27. The first-order valence-electron chi connectivity index (χ1n) is 11.6. The maximum absolute atomic E-state index is 13.1. The molecule has 1 unspecified atom stereocenters. The number of hydrogen-bond donors (Lipinski definition) is 2. The number of anilines is 3. The SMILES string of the molecule is CC1=N/C(=C\c2ccc(N(C)C)cc2)C(=O)N1c1ccc(OCC(O)CNc2ccc(Cl)cc2)cc1. The molecular formula is C28H29ClN4O3. The van der Waals surface area contributed by atoms with Crippen molar-refractivity contribution in [3.63, 3.8) is 0 Å². The zero-order valence-electron chi connectivity index (χ0n) is 20.5. The minimum absolute atomic E-state index is 0.128. The quantitative estimate of drug-likeness (QED) is 0.398. The van der Waals surface area contributed by atoms with Gasteiger partial charge in [0.25, 0.3) is 5.91 Å². The summed E-state index contributed by atoms with van der Waals surface area (Å²) in [6, 6.07) is 22.4. The van der Waals surface area contributed by atoms with Crippen LogP contribution < -0.4 is 19.9 Å². The van der Waals surface area contributed by atoms with Crippen LogP contribution in [0.1, 0.15) is 12.5 Å². The van der Waals surface area contributed by atoms with E-state index in [0.717, 1.165) is 16.9 Å². The summed E-state index contributed by atoms with van der Waals surface area (Å²) in [6.45, 7) is 2.27. The molecule has 0 radical (unpaired) electrons. The number of benzene rings is 3. The van der Waals surface area contributed by atoms with Gasteiger partial charge < -0.3 is 20.1 Å². The molecule has 1 atom stereocenters. The molecule has 0 saturated carbocycles. The van der Waals surface area contributed by atoms with Crippen molar-refractivity contribution in [3.8, 4) is 5.75 Å². The average Bonchev–Trinajstić information content (AvgIpc) is 3.15. The van der Waals surface area contributed by atoms with Crippen LogP contribution in [0.5, 0.6) is 5.75 Å². The van der Waals surface area contributed by atoms with E-state index >= 15 is 0 Å². The number of ether oxygens (including phenoxy) is 1. The van der Waals surface area contributed by atoms with Crippen molar-refractivity contribution in [2.24, 2.45) is 4.99 Å². The van der Waals surface area contributed by atoms with Crippen LogP contribution in [-0.4, -0.2) is 50.2 Å². The molecule has 1 amide bonds. The first-order valence-corrected chi connectivity index (χ1v) is 12.0. The van der Waals surface area contributed by atoms with Crippen LogP contribution in [0.4, 0.5) is 17.1 Å². The number of nitrogens with zero attached hydrogens (tertiary/aromatic N) is 3. The van der Waals surface area contributed by atoms with E-state index in [2.05, 4.69) is 10.3 Å². The summed E-state index contributed by atoms with van der Waals surface area (Å²) in [7, 11) is 3.97. The molecule has 0 aliphatic carbocycles. The van der Waals surface area contributed by atoms with Gasteiger partial charge in [0.05, 0.1) is 5.69 Å². The van der Waals surface area contributed by atoms with E-state index in [1.54, 1.807) is 47.4 Å². The van der Waals surface area contributed by atoms with Crippen molar-refractivity contribution in [2.45, 2.75) is 13.0 Å². The molecule has 0 fully saturated rings. The molecule has 3 aromatic carbocycles. The summed E-state index contributed by atoms with van der Waals surface area (Å²) in [4.78, 5) is 21.1. The zero-order valence-corrected chi connectivity index (χ0v) is 21.2. The number of amidine groups is 1. The number of aliphatic hydroxyl groups is 1. The van der Waals surface area contributed by atoms with Crippen molar-refractivity contribution in [3.05, 3.63) is 89.1 Å². The molecule has 1 aliphatic rings. The lowest BCUT2D eigenvalue weighted by atomic mass is 10.1. The Balaban J connectivity index is 1.33. The van der Waals surface area contributed by atoms with Gasteiger partial charge in [-0.3, -0.25) is 9.69 Å². The van der Waals surface area contributed by atoms with E-state index in [1.165, 1.54) is 0 Å². The van der Waals surface area contributed by atoms with Crippen LogP contribution >= 0.6 is 11.6 Å². The third kappa shape index (κ3) is 6.24. The standard InChI is InChI=1S/C28H29ClN4O3/c1-19-31-27(16-20-4-10-23(11-5-20)32(2)3)28(35)33(19)24-12-14-26(15-13-24)36-18-25(34)17-30-22-8-6-21(29)7-9-22/h4-16,25,30,34H,17-18H2,1-3H3/b27-16-. The largest absolute Gasteiger partial charge is 0.491 e. The number of rotatable bonds is 9. The van der Waals surface area contributed by atoms with Gasteiger partial charge in [0.15, 0.2) is 0 Å². The highest BCUT2D eigenvalue weighted by Gasteiger charge is 2.28. The monoisotopic (exact) mass is 504 g/mol. The maximum atomic E-state index is 13.1. The highest BCUT2D eigenvalue weighted by atomic mass is 35.5. The summed E-state index contributed by atoms with van der Waals surface area (Å²) in [6.07, 6.45) is 1.09. The van der Waals surface area contributed by atoms with Gasteiger partial charge in [0.2, 0.25) is 0 Å². The van der Waals surface area contributed by atoms with E-state index in [9.17, 15) is 9.90 Å². The van der Waals surface area contributed by atoms with Gasteiger partial charge >= 0.3 is 0 Å². The lowest BCUT2D eigenvalue weighted by Crippen LogP contribution is -2.30. The second kappa shape index (κ2) is 11.3. The molecule has 0 aromatic heterocycles. The third-order valence-corrected chi connectivity index (χ3v) is 5.92. The smallest absolute Gasteiger partial charge is 0.282 e. The Kier molecular flexibility index (Phi) is 7.93. The lowest BCUT2D eigenvalue weighted by molar-refractivity contribution is -0.113. The van der Waals surface area contributed by atoms with Crippen molar-refractivity contribution in [1.29, 1.82) is 0 Å². The predicted molar refractivity (Wildman–Crippen MR) is 147 cm³/mol. The number of hydrogen-bond acceptors (Lipinski definition) is 6. The minimum Gasteiger partial charge on any atom is -0.491 e. The van der Waals surface area contributed by atoms with Gasteiger partial charge in [-0.2, -0.15) is 0 Å². The number of carbonyl (C=O) groups is 1. The second-order valence-electron chi connectivity index (χ2n) is 8.66. The Hall–Kier alpha value is -3.81. The molecule has 186 valence electrons. The van der Waals surface area contributed by atoms with Crippen LogP contribution in [0, 0.1) is 0 Å². The number of aliphatic imine (C=N–C) groups is 1. The van der Waals surface area contributed by atoms with Crippen molar-refractivity contribution >= 4 is 46.5 Å². The summed E-state index contributed by atoms with van der Waals surface area (Å²) >= 11 is 5.88. The predicted octanol–water partition coefficient (Wildman–Crippen LogP) is 5.06. The van der Waals surface area contributed by atoms with Gasteiger partial charge in [0, 0.05) is 37.0 Å². The Labute approximate surface area is 216 Å². The lowest BCUT2D eigenvalue weighted by Gasteiger charge is -2.17. The van der Waals surface area contributed by atoms with Gasteiger partial charge in [0.1, 0.15) is 30.0 Å². The van der Waals surface area contributed by atoms with Gasteiger partial charge in [-0.05, 0) is 79.2 Å². The molecule has 8 heteroatoms. The molecule has 0 saturated heterocycles. The first kappa shape index (κ1) is 25.3. The molecule has 0 spiro atoms. The fourth-order valence-electron chi connectivity index (χ4n) is 3.70. The Morgan fingerprint density at radius 2 is 1.72 bits per heavy atom. The van der Waals surface area contributed by atoms with E-state index < -0.39 is 6.10 Å². The molecule has 4 rings (SSSR count). The summed E-state index contributed by atoms with van der Waals surface area (Å²) < 4.78 is 5.71. The Morgan fingerprint density at radius 3 is 2.36 bits per heavy atom. The fraction of sp³-hybridized carbons (Fsp3) is 0.214. The Bertz CT molecular complexity index is 1250. The van der Waals surface area contributed by atoms with E-state index in [1.807, 2.05) is 62.3 Å². The van der Waals surface area contributed by atoms with Crippen LogP contribution in [0.2, 0.25) is 5.02 Å². The molecular weight excluding hydrogens is 476 g/mol. The van der Waals surface area contributed by atoms with Crippen LogP contribution in [0.15, 0.2) is 83.5 Å². The molecule has 3 aromatic rings. The highest BCUT2D eigenvalue weighted by molar-refractivity contribution is 6.30. The minimum atomic E-state index is -0.700. The zero-order chi connectivity index (χ0) is 25.7. The van der Waals surface area contributed by atoms with Gasteiger partial charge in [-0.25, -0.2) is 4.99 Å². The van der Waals surface area contributed by atoms with Crippen LogP contribution in [0.25, 0.3) is 6.08 Å². The number of carbonyl (C=O) groups excluding carboxylic acids is 1. The van der Waals surface area contributed by atoms with E-state index in [0.29, 0.717) is 34.5 Å². The summed E-state index contributed by atoms with van der Waals surface area (Å²) in [5.41, 5.74) is 3.96. The topological polar surface area (TPSA) is 77.4 Å². The van der Waals surface area contributed by atoms with Gasteiger partial charge in [-0.1, -0.05) is 23.7 Å².